The van der Waals surface area contributed by atoms with E-state index in [-0.39, 0.29) is 18.2 Å². The van der Waals surface area contributed by atoms with E-state index in [9.17, 15) is 4.79 Å². The smallest absolute Gasteiger partial charge is 0.319 e. The number of hydrogen-bond donors (Lipinski definition) is 3. The van der Waals surface area contributed by atoms with Crippen LogP contribution in [0.25, 0.3) is 0 Å². The molecule has 3 N–H and O–H groups in total. The summed E-state index contributed by atoms with van der Waals surface area (Å²) in [5.41, 5.74) is 2.92. The number of amides is 2. The molecule has 2 amide bonds. The lowest BCUT2D eigenvalue weighted by Crippen LogP contribution is -2.35. The van der Waals surface area contributed by atoms with Gasteiger partial charge in [0, 0.05) is 43.0 Å². The third kappa shape index (κ3) is 5.19. The highest BCUT2D eigenvalue weighted by molar-refractivity contribution is 5.89. The Bertz CT molecular complexity index is 670. The number of rotatable bonds is 6. The summed E-state index contributed by atoms with van der Waals surface area (Å²) in [7, 11) is 0. The molecule has 1 fully saturated rings. The van der Waals surface area contributed by atoms with Crippen molar-refractivity contribution in [3.05, 3.63) is 54.4 Å². The van der Waals surface area contributed by atoms with Crippen molar-refractivity contribution in [3.63, 3.8) is 0 Å². The van der Waals surface area contributed by atoms with Crippen LogP contribution in [0.4, 0.5) is 16.2 Å². The van der Waals surface area contributed by atoms with E-state index < -0.39 is 0 Å². The predicted molar refractivity (Wildman–Crippen MR) is 98.7 cm³/mol. The summed E-state index contributed by atoms with van der Waals surface area (Å²) in [5.74, 6) is 0. The van der Waals surface area contributed by atoms with Gasteiger partial charge in [-0.3, -0.25) is 4.98 Å². The van der Waals surface area contributed by atoms with Crippen LogP contribution in [-0.2, 0) is 4.74 Å². The normalized spacial score (nSPS) is 17.7. The molecule has 1 aromatic heterocycles. The number of urea groups is 1. The van der Waals surface area contributed by atoms with E-state index in [0.717, 1.165) is 30.8 Å². The summed E-state index contributed by atoms with van der Waals surface area (Å²) in [6, 6.07) is 11.6. The van der Waals surface area contributed by atoms with E-state index >= 15 is 0 Å². The summed E-state index contributed by atoms with van der Waals surface area (Å²) in [5, 5.41) is 9.11. The lowest BCUT2D eigenvalue weighted by Gasteiger charge is -2.16. The van der Waals surface area contributed by atoms with Crippen molar-refractivity contribution in [1.82, 2.24) is 10.3 Å². The highest BCUT2D eigenvalue weighted by Crippen LogP contribution is 2.20. The second kappa shape index (κ2) is 8.48. The molecule has 1 aromatic carbocycles. The zero-order chi connectivity index (χ0) is 17.5. The van der Waals surface area contributed by atoms with Crippen LogP contribution in [-0.4, -0.2) is 30.3 Å². The van der Waals surface area contributed by atoms with Gasteiger partial charge in [0.25, 0.3) is 0 Å². The van der Waals surface area contributed by atoms with Gasteiger partial charge in [-0.1, -0.05) is 0 Å². The van der Waals surface area contributed by atoms with Gasteiger partial charge in [-0.15, -0.1) is 0 Å². The zero-order valence-corrected chi connectivity index (χ0v) is 14.4. The Labute approximate surface area is 148 Å². The first-order valence-electron chi connectivity index (χ1n) is 8.64. The van der Waals surface area contributed by atoms with Crippen LogP contribution in [0, 0.1) is 0 Å². The highest BCUT2D eigenvalue weighted by Gasteiger charge is 2.16. The number of pyridine rings is 1. The molecular formula is C19H24N4O2. The Hall–Kier alpha value is -2.60. The first-order chi connectivity index (χ1) is 12.2. The van der Waals surface area contributed by atoms with Gasteiger partial charge in [-0.25, -0.2) is 4.79 Å². The molecule has 0 unspecified atom stereocenters. The molecule has 25 heavy (non-hydrogen) atoms. The summed E-state index contributed by atoms with van der Waals surface area (Å²) < 4.78 is 5.49. The van der Waals surface area contributed by atoms with Crippen molar-refractivity contribution < 1.29 is 9.53 Å². The summed E-state index contributed by atoms with van der Waals surface area (Å²) in [6.45, 7) is 3.44. The number of ether oxygens (including phenoxy) is 1. The molecule has 2 aromatic rings. The molecule has 0 saturated carbocycles. The van der Waals surface area contributed by atoms with Crippen LogP contribution in [0.3, 0.4) is 0 Å². The molecule has 132 valence electrons. The van der Waals surface area contributed by atoms with Crippen molar-refractivity contribution >= 4 is 17.4 Å². The van der Waals surface area contributed by atoms with Crippen molar-refractivity contribution in [2.75, 3.05) is 23.8 Å². The molecule has 1 aliphatic rings. The van der Waals surface area contributed by atoms with Crippen LogP contribution >= 0.6 is 0 Å². The molecule has 0 spiro atoms. The average Bonchev–Trinajstić information content (AvgIpc) is 3.16. The number of benzene rings is 1. The Morgan fingerprint density at radius 2 is 1.92 bits per heavy atom. The van der Waals surface area contributed by atoms with Crippen molar-refractivity contribution in [3.8, 4) is 0 Å². The molecule has 0 radical (unpaired) electrons. The maximum Gasteiger partial charge on any atom is 0.319 e. The maximum atomic E-state index is 11.9. The van der Waals surface area contributed by atoms with Crippen LogP contribution < -0.4 is 16.0 Å². The van der Waals surface area contributed by atoms with E-state index in [4.69, 9.17) is 4.74 Å². The van der Waals surface area contributed by atoms with Crippen LogP contribution in [0.5, 0.6) is 0 Å². The second-order valence-corrected chi connectivity index (χ2v) is 6.19. The number of carbonyl (C=O) groups excluding carboxylic acids is 1. The quantitative estimate of drug-likeness (QED) is 0.752. The number of nitrogens with one attached hydrogen (secondary N) is 3. The van der Waals surface area contributed by atoms with Gasteiger partial charge in [0.1, 0.15) is 0 Å². The minimum atomic E-state index is -0.207. The van der Waals surface area contributed by atoms with Crippen molar-refractivity contribution in [2.45, 2.75) is 31.9 Å². The Kier molecular flexibility index (Phi) is 5.85. The van der Waals surface area contributed by atoms with Gasteiger partial charge in [0.2, 0.25) is 0 Å². The largest absolute Gasteiger partial charge is 0.379 e. The number of aromatic nitrogens is 1. The molecule has 2 atom stereocenters. The molecule has 2 heterocycles. The Morgan fingerprint density at radius 1 is 1.20 bits per heavy atom. The molecule has 0 aliphatic carbocycles. The lowest BCUT2D eigenvalue weighted by atomic mass is 10.1. The van der Waals surface area contributed by atoms with E-state index in [1.165, 1.54) is 5.56 Å². The summed E-state index contributed by atoms with van der Waals surface area (Å²) in [6.07, 6.45) is 5.80. The van der Waals surface area contributed by atoms with E-state index in [0.29, 0.717) is 6.54 Å². The predicted octanol–water partition coefficient (Wildman–Crippen LogP) is 3.56. The standard InChI is InChI=1S/C19H24N4O2/c1-14(15-8-10-20-11-9-15)22-16-4-6-17(7-5-16)23-19(24)21-13-18-3-2-12-25-18/h4-11,14,18,22H,2-3,12-13H2,1H3,(H2,21,23,24)/t14-,18+/m0/s1. The Balaban J connectivity index is 1.47. The topological polar surface area (TPSA) is 75.3 Å². The number of hydrogen-bond acceptors (Lipinski definition) is 4. The Morgan fingerprint density at radius 3 is 2.60 bits per heavy atom. The third-order valence-corrected chi connectivity index (χ3v) is 4.25. The SMILES string of the molecule is C[C@H](Nc1ccc(NC(=O)NC[C@H]2CCCO2)cc1)c1ccncc1. The first kappa shape index (κ1) is 17.2. The molecular weight excluding hydrogens is 316 g/mol. The first-order valence-corrected chi connectivity index (χ1v) is 8.64. The van der Waals surface area contributed by atoms with Gasteiger partial charge in [0.05, 0.1) is 6.10 Å². The molecule has 6 nitrogen and oxygen atoms in total. The molecule has 1 aliphatic heterocycles. The number of carbonyl (C=O) groups is 1. The molecule has 3 rings (SSSR count). The fourth-order valence-corrected chi connectivity index (χ4v) is 2.82. The molecule has 6 heteroatoms. The second-order valence-electron chi connectivity index (χ2n) is 6.19. The number of anilines is 2. The highest BCUT2D eigenvalue weighted by atomic mass is 16.5. The minimum Gasteiger partial charge on any atom is -0.379 e. The van der Waals surface area contributed by atoms with E-state index in [1.54, 1.807) is 12.4 Å². The maximum absolute atomic E-state index is 11.9. The van der Waals surface area contributed by atoms with Crippen LogP contribution in [0.15, 0.2) is 48.8 Å². The van der Waals surface area contributed by atoms with Crippen LogP contribution in [0.2, 0.25) is 0 Å². The third-order valence-electron chi connectivity index (χ3n) is 4.25. The summed E-state index contributed by atoms with van der Waals surface area (Å²) >= 11 is 0. The van der Waals surface area contributed by atoms with Gasteiger partial charge in [0.15, 0.2) is 0 Å². The fourth-order valence-electron chi connectivity index (χ4n) is 2.82. The van der Waals surface area contributed by atoms with Gasteiger partial charge < -0.3 is 20.7 Å². The monoisotopic (exact) mass is 340 g/mol. The van der Waals surface area contributed by atoms with E-state index in [1.807, 2.05) is 36.4 Å². The summed E-state index contributed by atoms with van der Waals surface area (Å²) in [4.78, 5) is 15.9. The van der Waals surface area contributed by atoms with E-state index in [2.05, 4.69) is 27.9 Å². The van der Waals surface area contributed by atoms with Gasteiger partial charge >= 0.3 is 6.03 Å². The van der Waals surface area contributed by atoms with Crippen molar-refractivity contribution in [1.29, 1.82) is 0 Å². The number of nitrogens with zero attached hydrogens (tertiary/aromatic N) is 1. The molecule has 1 saturated heterocycles. The average molecular weight is 340 g/mol. The minimum absolute atomic E-state index is 0.145. The van der Waals surface area contributed by atoms with Gasteiger partial charge in [-0.2, -0.15) is 0 Å². The van der Waals surface area contributed by atoms with Crippen LogP contribution in [0.1, 0.15) is 31.4 Å². The fraction of sp³-hybridized carbons (Fsp3) is 0.368. The van der Waals surface area contributed by atoms with Gasteiger partial charge in [-0.05, 0) is 61.7 Å². The zero-order valence-electron chi connectivity index (χ0n) is 14.4. The molecule has 0 bridgehead atoms. The lowest BCUT2D eigenvalue weighted by molar-refractivity contribution is 0.112. The van der Waals surface area contributed by atoms with Crippen molar-refractivity contribution in [2.24, 2.45) is 0 Å².